The van der Waals surface area contributed by atoms with Gasteiger partial charge in [-0.05, 0) is 62.2 Å². The largest absolute Gasteiger partial charge is 0.298 e. The molecular formula is C25H23ClN2O2S. The maximum Gasteiger partial charge on any atom is 0.205 e. The number of aromatic nitrogens is 2. The molecule has 0 radical (unpaired) electrons. The van der Waals surface area contributed by atoms with Crippen LogP contribution in [0.15, 0.2) is 78.0 Å². The predicted octanol–water partition coefficient (Wildman–Crippen LogP) is 5.69. The van der Waals surface area contributed by atoms with Crippen LogP contribution in [0.5, 0.6) is 0 Å². The zero-order chi connectivity index (χ0) is 22.2. The average Bonchev–Trinajstić information content (AvgIpc) is 3.15. The number of nitrogens with zero attached hydrogens (tertiary/aromatic N) is 2. The second kappa shape index (κ2) is 8.40. The molecule has 4 nitrogen and oxygen atoms in total. The Morgan fingerprint density at radius 2 is 1.71 bits per heavy atom. The van der Waals surface area contributed by atoms with E-state index in [9.17, 15) is 9.00 Å². The summed E-state index contributed by atoms with van der Waals surface area (Å²) in [6.45, 7) is 5.37. The molecule has 0 bridgehead atoms. The summed E-state index contributed by atoms with van der Waals surface area (Å²) in [7, 11) is -1.69. The van der Waals surface area contributed by atoms with Crippen LogP contribution < -0.4 is 0 Å². The van der Waals surface area contributed by atoms with Gasteiger partial charge >= 0.3 is 0 Å². The fraction of sp³-hybridized carbons (Fsp3) is 0.200. The first-order valence-corrected chi connectivity index (χ1v) is 11.5. The number of imidazole rings is 1. The van der Waals surface area contributed by atoms with E-state index in [1.54, 1.807) is 13.8 Å². The van der Waals surface area contributed by atoms with E-state index in [-0.39, 0.29) is 12.2 Å². The van der Waals surface area contributed by atoms with E-state index in [1.165, 1.54) is 0 Å². The molecule has 1 atom stereocenters. The normalized spacial score (nSPS) is 12.8. The lowest BCUT2D eigenvalue weighted by atomic mass is 9.99. The Hall–Kier alpha value is -2.76. The quantitative estimate of drug-likeness (QED) is 0.379. The number of fused-ring (bicyclic) bond motifs is 1. The Balaban J connectivity index is 1.75. The van der Waals surface area contributed by atoms with Crippen LogP contribution in [0.3, 0.4) is 0 Å². The second-order valence-corrected chi connectivity index (χ2v) is 10.4. The third-order valence-corrected chi connectivity index (χ3v) is 7.52. The zero-order valence-corrected chi connectivity index (χ0v) is 19.2. The van der Waals surface area contributed by atoms with Crippen molar-refractivity contribution in [1.82, 2.24) is 9.55 Å². The van der Waals surface area contributed by atoms with Crippen LogP contribution in [0, 0.1) is 6.92 Å². The van der Waals surface area contributed by atoms with Gasteiger partial charge in [-0.2, -0.15) is 0 Å². The highest BCUT2D eigenvalue weighted by molar-refractivity contribution is 7.87. The maximum atomic E-state index is 13.8. The van der Waals surface area contributed by atoms with Gasteiger partial charge in [0, 0.05) is 17.1 Å². The molecule has 0 fully saturated rings. The summed E-state index contributed by atoms with van der Waals surface area (Å²) >= 11 is 6.33. The zero-order valence-electron chi connectivity index (χ0n) is 17.6. The topological polar surface area (TPSA) is 52.0 Å². The lowest BCUT2D eigenvalue weighted by Crippen LogP contribution is -2.39. The van der Waals surface area contributed by atoms with Gasteiger partial charge in [-0.3, -0.25) is 13.6 Å². The van der Waals surface area contributed by atoms with Crippen molar-refractivity contribution in [3.63, 3.8) is 0 Å². The van der Waals surface area contributed by atoms with Crippen LogP contribution in [0.2, 0.25) is 5.02 Å². The molecule has 4 aromatic rings. The Morgan fingerprint density at radius 3 is 2.42 bits per heavy atom. The molecule has 1 aromatic heterocycles. The number of carbonyl (C=O) groups excluding carboxylic acids is 1. The van der Waals surface area contributed by atoms with Crippen molar-refractivity contribution in [2.24, 2.45) is 0 Å². The molecule has 4 rings (SSSR count). The van der Waals surface area contributed by atoms with E-state index < -0.39 is 15.5 Å². The van der Waals surface area contributed by atoms with E-state index in [4.69, 9.17) is 11.6 Å². The van der Waals surface area contributed by atoms with Gasteiger partial charge in [0.25, 0.3) is 0 Å². The van der Waals surface area contributed by atoms with Crippen molar-refractivity contribution in [2.45, 2.75) is 37.1 Å². The minimum absolute atomic E-state index is 0.115. The van der Waals surface area contributed by atoms with E-state index in [1.807, 2.05) is 84.3 Å². The fourth-order valence-corrected chi connectivity index (χ4v) is 5.06. The molecule has 0 aliphatic carbocycles. The SMILES string of the molecule is Cc1ccc(CC(=O)C(C)(C)S(=O)c2nc3ccccc3n2-c2ccccc2)c(Cl)c1. The van der Waals surface area contributed by atoms with Gasteiger partial charge in [0.1, 0.15) is 15.5 Å². The van der Waals surface area contributed by atoms with Crippen molar-refractivity contribution >= 4 is 39.2 Å². The molecule has 0 aliphatic heterocycles. The van der Waals surface area contributed by atoms with Gasteiger partial charge in [0.05, 0.1) is 11.0 Å². The van der Waals surface area contributed by atoms with Crippen LogP contribution in [0.25, 0.3) is 16.7 Å². The summed E-state index contributed by atoms with van der Waals surface area (Å²) in [5.74, 6) is -0.150. The number of carbonyl (C=O) groups is 1. The molecule has 1 unspecified atom stereocenters. The minimum Gasteiger partial charge on any atom is -0.298 e. The van der Waals surface area contributed by atoms with Crippen LogP contribution in [0.1, 0.15) is 25.0 Å². The van der Waals surface area contributed by atoms with Crippen LogP contribution in [-0.2, 0) is 22.0 Å². The molecule has 158 valence electrons. The molecule has 0 spiro atoms. The minimum atomic E-state index is -1.69. The second-order valence-electron chi connectivity index (χ2n) is 8.03. The number of aryl methyl sites for hydroxylation is 1. The van der Waals surface area contributed by atoms with Crippen LogP contribution in [-0.4, -0.2) is 24.3 Å². The van der Waals surface area contributed by atoms with E-state index in [0.717, 1.165) is 27.8 Å². The standard InChI is InChI=1S/C25H23ClN2O2S/c1-17-13-14-18(20(26)15-17)16-23(29)25(2,3)31(30)24-27-21-11-7-8-12-22(21)28(24)19-9-5-4-6-10-19/h4-15H,16H2,1-3H3. The van der Waals surface area contributed by atoms with E-state index in [2.05, 4.69) is 4.98 Å². The summed E-state index contributed by atoms with van der Waals surface area (Å²) in [6, 6.07) is 22.9. The molecule has 1 heterocycles. The molecule has 0 aliphatic rings. The van der Waals surface area contributed by atoms with Gasteiger partial charge in [-0.1, -0.05) is 54.1 Å². The summed E-state index contributed by atoms with van der Waals surface area (Å²) in [4.78, 5) is 17.9. The smallest absolute Gasteiger partial charge is 0.205 e. The van der Waals surface area contributed by atoms with E-state index >= 15 is 0 Å². The lowest BCUT2D eigenvalue weighted by molar-refractivity contribution is -0.120. The Labute approximate surface area is 189 Å². The van der Waals surface area contributed by atoms with Crippen molar-refractivity contribution < 1.29 is 9.00 Å². The number of rotatable bonds is 6. The molecule has 31 heavy (non-hydrogen) atoms. The summed E-state index contributed by atoms with van der Waals surface area (Å²) in [5.41, 5.74) is 4.20. The molecule has 3 aromatic carbocycles. The Bertz CT molecular complexity index is 1300. The van der Waals surface area contributed by atoms with Gasteiger partial charge in [0.2, 0.25) is 5.16 Å². The molecular weight excluding hydrogens is 428 g/mol. The number of para-hydroxylation sites is 3. The highest BCUT2D eigenvalue weighted by atomic mass is 35.5. The molecule has 0 saturated carbocycles. The van der Waals surface area contributed by atoms with Gasteiger partial charge in [-0.25, -0.2) is 4.98 Å². The van der Waals surface area contributed by atoms with Gasteiger partial charge in [-0.15, -0.1) is 0 Å². The fourth-order valence-electron chi connectivity index (χ4n) is 3.47. The van der Waals surface area contributed by atoms with E-state index in [0.29, 0.717) is 10.2 Å². The highest BCUT2D eigenvalue weighted by Gasteiger charge is 2.38. The number of hydrogen-bond donors (Lipinski definition) is 0. The molecule has 0 saturated heterocycles. The lowest BCUT2D eigenvalue weighted by Gasteiger charge is -2.23. The first-order valence-electron chi connectivity index (χ1n) is 10.0. The molecule has 6 heteroatoms. The Morgan fingerprint density at radius 1 is 1.03 bits per heavy atom. The number of Topliss-reactive ketones (excluding diaryl/α,β-unsaturated/α-hetero) is 1. The number of hydrogen-bond acceptors (Lipinski definition) is 3. The maximum absolute atomic E-state index is 13.8. The number of halogens is 1. The van der Waals surface area contributed by atoms with Crippen molar-refractivity contribution in [1.29, 1.82) is 0 Å². The van der Waals surface area contributed by atoms with Crippen molar-refractivity contribution in [2.75, 3.05) is 0 Å². The third kappa shape index (κ3) is 4.08. The molecule has 0 amide bonds. The first kappa shape index (κ1) is 21.5. The average molecular weight is 451 g/mol. The Kier molecular flexibility index (Phi) is 5.82. The third-order valence-electron chi connectivity index (χ3n) is 5.40. The van der Waals surface area contributed by atoms with Crippen molar-refractivity contribution in [3.8, 4) is 5.69 Å². The van der Waals surface area contributed by atoms with Crippen molar-refractivity contribution in [3.05, 3.63) is 88.9 Å². The monoisotopic (exact) mass is 450 g/mol. The number of ketones is 1. The highest BCUT2D eigenvalue weighted by Crippen LogP contribution is 2.30. The summed E-state index contributed by atoms with van der Waals surface area (Å²) in [6.07, 6.45) is 0.115. The van der Waals surface area contributed by atoms with Gasteiger partial charge < -0.3 is 0 Å². The first-order chi connectivity index (χ1) is 14.8. The summed E-state index contributed by atoms with van der Waals surface area (Å²) in [5, 5.41) is 0.909. The van der Waals surface area contributed by atoms with Gasteiger partial charge in [0.15, 0.2) is 5.78 Å². The predicted molar refractivity (Wildman–Crippen MR) is 126 cm³/mol. The van der Waals surface area contributed by atoms with Crippen LogP contribution >= 0.6 is 11.6 Å². The van der Waals surface area contributed by atoms with Crippen LogP contribution in [0.4, 0.5) is 0 Å². The number of benzene rings is 3. The molecule has 0 N–H and O–H groups in total. The summed E-state index contributed by atoms with van der Waals surface area (Å²) < 4.78 is 14.5.